The molecule has 0 aliphatic rings. The highest BCUT2D eigenvalue weighted by Gasteiger charge is 2.17. The topological polar surface area (TPSA) is 46.2 Å². The van der Waals surface area contributed by atoms with E-state index in [1.54, 1.807) is 6.07 Å². The number of nitrogens with two attached hydrogens (primary N) is 1. The van der Waals surface area contributed by atoms with E-state index in [0.717, 1.165) is 0 Å². The molecule has 2 nitrogen and oxygen atoms in total. The number of aliphatic hydroxyl groups excluding tert-OH is 1. The van der Waals surface area contributed by atoms with Crippen molar-refractivity contribution in [1.29, 1.82) is 0 Å². The predicted molar refractivity (Wildman–Crippen MR) is 57.3 cm³/mol. The van der Waals surface area contributed by atoms with Gasteiger partial charge in [-0.15, -0.1) is 12.4 Å². The van der Waals surface area contributed by atoms with Crippen LogP contribution in [0, 0.1) is 5.82 Å². The van der Waals surface area contributed by atoms with Crippen LogP contribution in [-0.2, 0) is 0 Å². The van der Waals surface area contributed by atoms with Crippen LogP contribution in [0.2, 0.25) is 5.02 Å². The SMILES string of the molecule is C[C@@H](O)[C@@H](N)c1cccc(Cl)c1F.Cl. The van der Waals surface area contributed by atoms with E-state index >= 15 is 0 Å². The summed E-state index contributed by atoms with van der Waals surface area (Å²) in [5, 5.41) is 9.18. The molecule has 0 aromatic heterocycles. The largest absolute Gasteiger partial charge is 0.391 e. The van der Waals surface area contributed by atoms with Crippen LogP contribution in [0.1, 0.15) is 18.5 Å². The van der Waals surface area contributed by atoms with E-state index in [4.69, 9.17) is 22.4 Å². The maximum absolute atomic E-state index is 13.3. The summed E-state index contributed by atoms with van der Waals surface area (Å²) >= 11 is 5.55. The summed E-state index contributed by atoms with van der Waals surface area (Å²) in [7, 11) is 0. The normalized spacial score (nSPS) is 14.4. The Morgan fingerprint density at radius 2 is 2.07 bits per heavy atom. The van der Waals surface area contributed by atoms with Gasteiger partial charge in [0, 0.05) is 5.56 Å². The average Bonchev–Trinajstić information content (AvgIpc) is 2.08. The van der Waals surface area contributed by atoms with E-state index in [9.17, 15) is 4.39 Å². The maximum atomic E-state index is 13.3. The molecule has 0 unspecified atom stereocenters. The highest BCUT2D eigenvalue weighted by molar-refractivity contribution is 6.30. The van der Waals surface area contributed by atoms with Crippen molar-refractivity contribution in [3.8, 4) is 0 Å². The monoisotopic (exact) mass is 239 g/mol. The fourth-order valence-corrected chi connectivity index (χ4v) is 1.22. The molecule has 0 spiro atoms. The molecule has 0 aliphatic heterocycles. The van der Waals surface area contributed by atoms with Gasteiger partial charge in [0.15, 0.2) is 0 Å². The number of hydrogen-bond acceptors (Lipinski definition) is 2. The number of halogens is 3. The Morgan fingerprint density at radius 3 is 2.57 bits per heavy atom. The summed E-state index contributed by atoms with van der Waals surface area (Å²) in [6.07, 6.45) is -0.798. The molecular formula is C9H12Cl2FNO. The minimum absolute atomic E-state index is 0. The molecule has 0 heterocycles. The maximum Gasteiger partial charge on any atom is 0.146 e. The predicted octanol–water partition coefficient (Wildman–Crippen LogP) is 2.28. The van der Waals surface area contributed by atoms with Gasteiger partial charge in [0.25, 0.3) is 0 Å². The molecule has 1 aromatic rings. The Balaban J connectivity index is 0.00000169. The first-order chi connectivity index (χ1) is 6.04. The van der Waals surface area contributed by atoms with Gasteiger partial charge in [-0.3, -0.25) is 0 Å². The third kappa shape index (κ3) is 2.82. The summed E-state index contributed by atoms with van der Waals surface area (Å²) in [4.78, 5) is 0. The number of benzene rings is 1. The van der Waals surface area contributed by atoms with E-state index in [0.29, 0.717) is 0 Å². The smallest absolute Gasteiger partial charge is 0.146 e. The second-order valence-electron chi connectivity index (χ2n) is 2.91. The van der Waals surface area contributed by atoms with Crippen molar-refractivity contribution in [3.05, 3.63) is 34.6 Å². The molecule has 1 rings (SSSR count). The zero-order valence-electron chi connectivity index (χ0n) is 7.58. The molecule has 2 atom stereocenters. The minimum atomic E-state index is -0.798. The third-order valence-electron chi connectivity index (χ3n) is 1.86. The zero-order chi connectivity index (χ0) is 10.0. The lowest BCUT2D eigenvalue weighted by molar-refractivity contribution is 0.162. The van der Waals surface area contributed by atoms with Crippen LogP contribution in [0.15, 0.2) is 18.2 Å². The van der Waals surface area contributed by atoms with E-state index in [-0.39, 0.29) is 23.0 Å². The molecule has 0 saturated heterocycles. The van der Waals surface area contributed by atoms with Crippen molar-refractivity contribution in [3.63, 3.8) is 0 Å². The summed E-state index contributed by atoms with van der Waals surface area (Å²) in [6, 6.07) is 3.82. The summed E-state index contributed by atoms with van der Waals surface area (Å²) < 4.78 is 13.3. The summed E-state index contributed by atoms with van der Waals surface area (Å²) in [6.45, 7) is 1.50. The quantitative estimate of drug-likeness (QED) is 0.832. The lowest BCUT2D eigenvalue weighted by atomic mass is 10.0. The van der Waals surface area contributed by atoms with Crippen molar-refractivity contribution in [2.24, 2.45) is 5.73 Å². The highest BCUT2D eigenvalue weighted by Crippen LogP contribution is 2.23. The number of hydrogen-bond donors (Lipinski definition) is 2. The standard InChI is InChI=1S/C9H11ClFNO.ClH/c1-5(13)9(12)6-3-2-4-7(10)8(6)11;/h2-5,9,13H,12H2,1H3;1H/t5-,9-;/m1./s1. The molecule has 5 heteroatoms. The van der Waals surface area contributed by atoms with Crippen LogP contribution >= 0.6 is 24.0 Å². The molecule has 3 N–H and O–H groups in total. The molecule has 1 aromatic carbocycles. The van der Waals surface area contributed by atoms with Gasteiger partial charge < -0.3 is 10.8 Å². The zero-order valence-corrected chi connectivity index (χ0v) is 9.15. The van der Waals surface area contributed by atoms with Crippen molar-refractivity contribution in [1.82, 2.24) is 0 Å². The van der Waals surface area contributed by atoms with Crippen LogP contribution in [-0.4, -0.2) is 11.2 Å². The Hall–Kier alpha value is -0.350. The van der Waals surface area contributed by atoms with Gasteiger partial charge in [-0.1, -0.05) is 23.7 Å². The van der Waals surface area contributed by atoms with Crippen LogP contribution in [0.25, 0.3) is 0 Å². The van der Waals surface area contributed by atoms with Gasteiger partial charge in [0.05, 0.1) is 17.2 Å². The van der Waals surface area contributed by atoms with Crippen molar-refractivity contribution >= 4 is 24.0 Å². The lowest BCUT2D eigenvalue weighted by Crippen LogP contribution is -2.24. The van der Waals surface area contributed by atoms with Gasteiger partial charge in [-0.25, -0.2) is 4.39 Å². The molecule has 0 aliphatic carbocycles. The first-order valence-corrected chi connectivity index (χ1v) is 4.29. The van der Waals surface area contributed by atoms with Crippen LogP contribution in [0.4, 0.5) is 4.39 Å². The Bertz CT molecular complexity index is 307. The first-order valence-electron chi connectivity index (χ1n) is 3.91. The van der Waals surface area contributed by atoms with Crippen molar-refractivity contribution in [2.75, 3.05) is 0 Å². The highest BCUT2D eigenvalue weighted by atomic mass is 35.5. The van der Waals surface area contributed by atoms with Crippen LogP contribution < -0.4 is 5.73 Å². The van der Waals surface area contributed by atoms with Gasteiger partial charge in [-0.2, -0.15) is 0 Å². The fraction of sp³-hybridized carbons (Fsp3) is 0.333. The van der Waals surface area contributed by atoms with Gasteiger partial charge in [0.2, 0.25) is 0 Å². The van der Waals surface area contributed by atoms with E-state index in [2.05, 4.69) is 0 Å². The number of rotatable bonds is 2. The van der Waals surface area contributed by atoms with Crippen molar-refractivity contribution < 1.29 is 9.50 Å². The lowest BCUT2D eigenvalue weighted by Gasteiger charge is -2.15. The number of aliphatic hydroxyl groups is 1. The van der Waals surface area contributed by atoms with E-state index < -0.39 is 18.0 Å². The Morgan fingerprint density at radius 1 is 1.50 bits per heavy atom. The summed E-state index contributed by atoms with van der Waals surface area (Å²) in [5.74, 6) is -0.558. The van der Waals surface area contributed by atoms with Crippen LogP contribution in [0.3, 0.4) is 0 Å². The molecule has 0 radical (unpaired) electrons. The Labute approximate surface area is 93.3 Å². The molecule has 0 bridgehead atoms. The fourth-order valence-electron chi connectivity index (χ4n) is 1.04. The molecule has 0 amide bonds. The third-order valence-corrected chi connectivity index (χ3v) is 2.15. The molecule has 14 heavy (non-hydrogen) atoms. The average molecular weight is 240 g/mol. The molecular weight excluding hydrogens is 228 g/mol. The first kappa shape index (κ1) is 13.7. The van der Waals surface area contributed by atoms with E-state index in [1.807, 2.05) is 0 Å². The van der Waals surface area contributed by atoms with E-state index in [1.165, 1.54) is 19.1 Å². The molecule has 0 fully saturated rings. The minimum Gasteiger partial charge on any atom is -0.391 e. The molecule has 80 valence electrons. The van der Waals surface area contributed by atoms with Gasteiger partial charge in [0.1, 0.15) is 5.82 Å². The van der Waals surface area contributed by atoms with Crippen molar-refractivity contribution in [2.45, 2.75) is 19.1 Å². The van der Waals surface area contributed by atoms with Gasteiger partial charge >= 0.3 is 0 Å². The molecule has 0 saturated carbocycles. The second-order valence-corrected chi connectivity index (χ2v) is 3.32. The van der Waals surface area contributed by atoms with Crippen LogP contribution in [0.5, 0.6) is 0 Å². The Kier molecular flexibility index (Phi) is 5.37. The van der Waals surface area contributed by atoms with Gasteiger partial charge in [-0.05, 0) is 13.0 Å². The summed E-state index contributed by atoms with van der Waals surface area (Å²) in [5.41, 5.74) is 5.80. The second kappa shape index (κ2) is 5.51.